The molecule has 4 atom stereocenters. The molecule has 1 aliphatic heterocycles. The second-order valence-corrected chi connectivity index (χ2v) is 5.11. The number of aromatic nitrogens is 2. The molecule has 0 saturated heterocycles. The van der Waals surface area contributed by atoms with E-state index in [0.717, 1.165) is 17.9 Å². The Morgan fingerprint density at radius 1 is 1.47 bits per heavy atom. The second kappa shape index (κ2) is 5.38. The first-order chi connectivity index (χ1) is 9.13. The lowest BCUT2D eigenvalue weighted by molar-refractivity contribution is 0.178. The van der Waals surface area contributed by atoms with Crippen molar-refractivity contribution in [1.29, 1.82) is 0 Å². The molecule has 0 radical (unpaired) electrons. The zero-order valence-electron chi connectivity index (χ0n) is 11.8. The molecular weight excluding hydrogens is 238 g/mol. The molecule has 100 valence electrons. The first-order valence-corrected chi connectivity index (χ1v) is 6.69. The number of fused-ring (bicyclic) bond motifs is 1. The highest BCUT2D eigenvalue weighted by Gasteiger charge is 2.38. The van der Waals surface area contributed by atoms with E-state index in [1.165, 1.54) is 0 Å². The fraction of sp³-hybridized carbons (Fsp3) is 0.643. The zero-order chi connectivity index (χ0) is 14.0. The van der Waals surface area contributed by atoms with Gasteiger partial charge in [0.05, 0.1) is 6.04 Å². The van der Waals surface area contributed by atoms with Crippen LogP contribution in [-0.2, 0) is 0 Å². The van der Waals surface area contributed by atoms with Crippen molar-refractivity contribution in [2.24, 2.45) is 17.0 Å². The predicted molar refractivity (Wildman–Crippen MR) is 74.3 cm³/mol. The number of azide groups is 1. The summed E-state index contributed by atoms with van der Waals surface area (Å²) in [6, 6.07) is 0.199. The topological polar surface area (TPSA) is 66.6 Å². The number of imidazole rings is 1. The van der Waals surface area contributed by atoms with Gasteiger partial charge in [0, 0.05) is 17.2 Å². The Morgan fingerprint density at radius 3 is 2.79 bits per heavy atom. The van der Waals surface area contributed by atoms with Crippen molar-refractivity contribution < 1.29 is 0 Å². The van der Waals surface area contributed by atoms with Crippen LogP contribution in [0.2, 0.25) is 0 Å². The van der Waals surface area contributed by atoms with Crippen LogP contribution in [0.15, 0.2) is 11.3 Å². The third-order valence-corrected chi connectivity index (χ3v) is 4.16. The lowest BCUT2D eigenvalue weighted by Gasteiger charge is -2.38. The zero-order valence-corrected chi connectivity index (χ0v) is 11.8. The van der Waals surface area contributed by atoms with E-state index in [1.807, 2.05) is 6.20 Å². The van der Waals surface area contributed by atoms with Crippen molar-refractivity contribution in [3.63, 3.8) is 0 Å². The summed E-state index contributed by atoms with van der Waals surface area (Å²) in [6.07, 6.45) is 3.03. The lowest BCUT2D eigenvalue weighted by Crippen LogP contribution is -2.33. The van der Waals surface area contributed by atoms with Crippen LogP contribution in [0.3, 0.4) is 0 Å². The van der Waals surface area contributed by atoms with Crippen molar-refractivity contribution >= 4 is 0 Å². The van der Waals surface area contributed by atoms with Gasteiger partial charge < -0.3 is 4.57 Å². The summed E-state index contributed by atoms with van der Waals surface area (Å²) in [6.45, 7) is 8.32. The minimum Gasteiger partial charge on any atom is -0.330 e. The Labute approximate surface area is 113 Å². The molecule has 0 aliphatic carbocycles. The van der Waals surface area contributed by atoms with E-state index in [4.69, 9.17) is 5.53 Å². The van der Waals surface area contributed by atoms with Crippen LogP contribution in [0.4, 0.5) is 0 Å². The highest BCUT2D eigenvalue weighted by atomic mass is 15.2. The van der Waals surface area contributed by atoms with E-state index in [2.05, 4.69) is 52.2 Å². The molecular formula is C14H19N5. The van der Waals surface area contributed by atoms with Gasteiger partial charge in [-0.05, 0) is 36.6 Å². The van der Waals surface area contributed by atoms with Crippen LogP contribution < -0.4 is 0 Å². The average Bonchev–Trinajstić information content (AvgIpc) is 2.79. The van der Waals surface area contributed by atoms with E-state index < -0.39 is 0 Å². The second-order valence-electron chi connectivity index (χ2n) is 5.11. The van der Waals surface area contributed by atoms with Gasteiger partial charge in [-0.3, -0.25) is 0 Å². The molecule has 2 heterocycles. The van der Waals surface area contributed by atoms with Crippen molar-refractivity contribution in [1.82, 2.24) is 9.55 Å². The normalized spacial score (nSPS) is 28.8. The Kier molecular flexibility index (Phi) is 3.82. The molecule has 0 fully saturated rings. The van der Waals surface area contributed by atoms with E-state index in [0.29, 0.717) is 12.0 Å². The first-order valence-electron chi connectivity index (χ1n) is 6.69. The summed E-state index contributed by atoms with van der Waals surface area (Å²) in [5, 5.41) is 3.95. The van der Waals surface area contributed by atoms with Crippen LogP contribution in [-0.4, -0.2) is 9.55 Å². The molecule has 0 saturated carbocycles. The van der Waals surface area contributed by atoms with Gasteiger partial charge in [0.1, 0.15) is 11.5 Å². The van der Waals surface area contributed by atoms with Crippen LogP contribution in [0, 0.1) is 23.7 Å². The van der Waals surface area contributed by atoms with Gasteiger partial charge in [0.25, 0.3) is 0 Å². The molecule has 1 aromatic rings. The monoisotopic (exact) mass is 257 g/mol. The Hall–Kier alpha value is -1.92. The van der Waals surface area contributed by atoms with Crippen LogP contribution >= 0.6 is 0 Å². The maximum Gasteiger partial charge on any atom is 0.131 e. The largest absolute Gasteiger partial charge is 0.330 e. The lowest BCUT2D eigenvalue weighted by atomic mass is 9.79. The van der Waals surface area contributed by atoms with Crippen molar-refractivity contribution in [2.45, 2.75) is 46.2 Å². The molecule has 2 rings (SSSR count). The molecule has 0 aromatic carbocycles. The van der Waals surface area contributed by atoms with Crippen molar-refractivity contribution in [3.8, 4) is 11.8 Å². The van der Waals surface area contributed by atoms with Gasteiger partial charge in [-0.1, -0.05) is 31.8 Å². The maximum absolute atomic E-state index is 8.77. The molecule has 5 heteroatoms. The summed E-state index contributed by atoms with van der Waals surface area (Å²) < 4.78 is 2.16. The fourth-order valence-corrected chi connectivity index (χ4v) is 2.99. The van der Waals surface area contributed by atoms with E-state index in [-0.39, 0.29) is 12.0 Å². The quantitative estimate of drug-likeness (QED) is 0.343. The molecule has 2 unspecified atom stereocenters. The van der Waals surface area contributed by atoms with Gasteiger partial charge in [-0.15, -0.1) is 0 Å². The fourth-order valence-electron chi connectivity index (χ4n) is 2.99. The molecule has 0 N–H and O–H groups in total. The van der Waals surface area contributed by atoms with Gasteiger partial charge in [-0.25, -0.2) is 4.98 Å². The summed E-state index contributed by atoms with van der Waals surface area (Å²) in [5.41, 5.74) is 9.53. The van der Waals surface area contributed by atoms with Crippen LogP contribution in [0.5, 0.6) is 0 Å². The van der Waals surface area contributed by atoms with Crippen LogP contribution in [0.25, 0.3) is 10.4 Å². The number of hydrogen-bond acceptors (Lipinski definition) is 2. The number of hydrogen-bond donors (Lipinski definition) is 0. The predicted octanol–water partition coefficient (Wildman–Crippen LogP) is 3.84. The summed E-state index contributed by atoms with van der Waals surface area (Å²) in [5.74, 6) is 7.44. The Balaban J connectivity index is 2.58. The van der Waals surface area contributed by atoms with Crippen molar-refractivity contribution in [3.05, 3.63) is 28.2 Å². The molecule has 0 amide bonds. The highest BCUT2D eigenvalue weighted by molar-refractivity contribution is 5.28. The van der Waals surface area contributed by atoms with Gasteiger partial charge in [-0.2, -0.15) is 0 Å². The number of nitrogens with zero attached hydrogens (tertiary/aromatic N) is 5. The molecule has 0 spiro atoms. The van der Waals surface area contributed by atoms with Gasteiger partial charge in [0.2, 0.25) is 0 Å². The maximum atomic E-state index is 8.77. The molecule has 5 nitrogen and oxygen atoms in total. The Bertz CT molecular complexity index is 570. The standard InChI is InChI=1S/C14H19N5/c1-5-7-11-8-19-12(6-2)9(3)10(4)13(17-18-15)14(19)16-11/h8-10,12-13H,6H2,1-4H3/t9-,10-,12?,13?/m0/s1. The van der Waals surface area contributed by atoms with Gasteiger partial charge in [0.15, 0.2) is 0 Å². The summed E-state index contributed by atoms with van der Waals surface area (Å²) in [7, 11) is 0. The third kappa shape index (κ3) is 2.20. The SMILES string of the molecule is CC#Cc1cn2c(n1)C(N=[N+]=[N-])[C@@H](C)[C@H](C)C2CC. The Morgan fingerprint density at radius 2 is 2.21 bits per heavy atom. The molecule has 1 aromatic heterocycles. The van der Waals surface area contributed by atoms with E-state index in [9.17, 15) is 0 Å². The average molecular weight is 257 g/mol. The first kappa shape index (κ1) is 13.5. The van der Waals surface area contributed by atoms with Crippen LogP contribution in [0.1, 0.15) is 57.7 Å². The highest BCUT2D eigenvalue weighted by Crippen LogP contribution is 2.43. The molecule has 19 heavy (non-hydrogen) atoms. The molecule has 0 bridgehead atoms. The van der Waals surface area contributed by atoms with Gasteiger partial charge >= 0.3 is 0 Å². The number of rotatable bonds is 2. The summed E-state index contributed by atoms with van der Waals surface area (Å²) >= 11 is 0. The molecule has 1 aliphatic rings. The smallest absolute Gasteiger partial charge is 0.131 e. The third-order valence-electron chi connectivity index (χ3n) is 4.16. The van der Waals surface area contributed by atoms with E-state index >= 15 is 0 Å². The van der Waals surface area contributed by atoms with Crippen molar-refractivity contribution in [2.75, 3.05) is 0 Å². The minimum absolute atomic E-state index is 0.199. The van der Waals surface area contributed by atoms with E-state index in [1.54, 1.807) is 6.92 Å². The minimum atomic E-state index is -0.199. The summed E-state index contributed by atoms with van der Waals surface area (Å²) in [4.78, 5) is 7.53.